The summed E-state index contributed by atoms with van der Waals surface area (Å²) in [6, 6.07) is 11.4. The lowest BCUT2D eigenvalue weighted by Gasteiger charge is -2.37. The summed E-state index contributed by atoms with van der Waals surface area (Å²) in [5.74, 6) is -3.70. The van der Waals surface area contributed by atoms with Crippen LogP contribution in [0.5, 0.6) is 0 Å². The number of halogens is 2. The maximum atomic E-state index is 16.7. The van der Waals surface area contributed by atoms with Gasteiger partial charge >= 0.3 is 12.2 Å². The van der Waals surface area contributed by atoms with E-state index in [0.717, 1.165) is 44.9 Å². The van der Waals surface area contributed by atoms with E-state index in [2.05, 4.69) is 20.9 Å². The third-order valence-corrected chi connectivity index (χ3v) is 15.5. The highest BCUT2D eigenvalue weighted by atomic mass is 19.3. The maximum absolute atomic E-state index is 16.7. The molecular formula is C51H61F2N7O9. The van der Waals surface area contributed by atoms with E-state index in [1.54, 1.807) is 36.9 Å². The first-order valence-electron chi connectivity index (χ1n) is 24.0. The van der Waals surface area contributed by atoms with Gasteiger partial charge in [0, 0.05) is 43.1 Å². The maximum Gasteiger partial charge on any atom is 0.407 e. The minimum Gasteiger partial charge on any atom is -0.453 e. The number of hydrogen-bond donors (Lipinski definition) is 4. The fourth-order valence-corrected chi connectivity index (χ4v) is 11.8. The molecule has 69 heavy (non-hydrogen) atoms. The van der Waals surface area contributed by atoms with E-state index >= 15 is 8.78 Å². The molecule has 10 atom stereocenters. The highest BCUT2D eigenvalue weighted by Gasteiger charge is 2.52. The number of aromatic amines is 1. The minimum absolute atomic E-state index is 0.0326. The normalized spacial score (nSPS) is 25.0. The number of fused-ring (bicyclic) bond motifs is 6. The van der Waals surface area contributed by atoms with E-state index in [0.29, 0.717) is 58.4 Å². The van der Waals surface area contributed by atoms with E-state index in [1.165, 1.54) is 40.6 Å². The van der Waals surface area contributed by atoms with Crippen LogP contribution in [0.1, 0.15) is 101 Å². The number of carbonyl (C=O) groups is 5. The molecule has 0 unspecified atom stereocenters. The van der Waals surface area contributed by atoms with Crippen LogP contribution in [-0.4, -0.2) is 121 Å². The first-order valence-corrected chi connectivity index (χ1v) is 24.0. The second-order valence-corrected chi connectivity index (χ2v) is 19.3. The number of methoxy groups -OCH3 is 4. The van der Waals surface area contributed by atoms with Gasteiger partial charge < -0.3 is 49.7 Å². The van der Waals surface area contributed by atoms with Gasteiger partial charge in [0.1, 0.15) is 23.9 Å². The number of likely N-dealkylation sites (tertiary alicyclic amines) is 2. The van der Waals surface area contributed by atoms with Crippen LogP contribution in [0.3, 0.4) is 0 Å². The summed E-state index contributed by atoms with van der Waals surface area (Å²) in [5, 5.41) is 8.12. The molecule has 5 aliphatic rings. The first kappa shape index (κ1) is 47.9. The lowest BCUT2D eigenvalue weighted by atomic mass is 9.84. The van der Waals surface area contributed by atoms with E-state index in [4.69, 9.17) is 23.9 Å². The van der Waals surface area contributed by atoms with E-state index < -0.39 is 66.3 Å². The van der Waals surface area contributed by atoms with Crippen LogP contribution in [0.25, 0.3) is 33.3 Å². The smallest absolute Gasteiger partial charge is 0.407 e. The summed E-state index contributed by atoms with van der Waals surface area (Å²) in [6.45, 7) is 3.38. The van der Waals surface area contributed by atoms with Crippen molar-refractivity contribution in [3.8, 4) is 22.3 Å². The Kier molecular flexibility index (Phi) is 13.4. The summed E-state index contributed by atoms with van der Waals surface area (Å²) in [7, 11) is 5.36. The summed E-state index contributed by atoms with van der Waals surface area (Å²) in [4.78, 5) is 79.4. The lowest BCUT2D eigenvalue weighted by molar-refractivity contribution is -0.143. The fourth-order valence-electron chi connectivity index (χ4n) is 11.8. The molecule has 5 amide bonds. The van der Waals surface area contributed by atoms with Crippen molar-refractivity contribution in [2.75, 3.05) is 33.8 Å². The second kappa shape index (κ2) is 19.3. The van der Waals surface area contributed by atoms with Gasteiger partial charge in [0.2, 0.25) is 17.7 Å². The summed E-state index contributed by atoms with van der Waals surface area (Å²) in [6.07, 6.45) is 5.46. The number of alkyl carbamates (subject to hydrolysis) is 2. The first-order chi connectivity index (χ1) is 33.2. The van der Waals surface area contributed by atoms with Crippen molar-refractivity contribution in [2.24, 2.45) is 11.8 Å². The molecule has 4 N–H and O–H groups in total. The molecule has 1 aromatic heterocycles. The van der Waals surface area contributed by atoms with Crippen molar-refractivity contribution >= 4 is 46.6 Å². The van der Waals surface area contributed by atoms with Crippen molar-refractivity contribution in [1.29, 1.82) is 0 Å². The molecule has 3 aliphatic carbocycles. The Hall–Kier alpha value is -6.14. The molecule has 4 aromatic rings. The van der Waals surface area contributed by atoms with E-state index in [1.807, 2.05) is 29.2 Å². The molecule has 2 saturated heterocycles. The molecule has 4 fully saturated rings. The Bertz CT molecular complexity index is 2640. The molecular weight excluding hydrogens is 893 g/mol. The van der Waals surface area contributed by atoms with Gasteiger partial charge in [-0.2, -0.15) is 8.78 Å². The van der Waals surface area contributed by atoms with Crippen molar-refractivity contribution in [2.45, 2.75) is 132 Å². The number of rotatable bonds is 12. The van der Waals surface area contributed by atoms with E-state index in [-0.39, 0.29) is 46.6 Å². The van der Waals surface area contributed by atoms with Crippen molar-refractivity contribution < 1.29 is 51.7 Å². The SMILES string of the molecule is COC(=O)N[C@H](C(=O)N1[C@H](C(=O)Nc2ccc3c(c2)C(F)(F)c2cc(-c4ccc5nc([C@@H]6C[C@@H]7CCCC[C@@H]7N6C(=O)[C@@H](NC(=O)OC)[C@@H](C)OC)[nH]c5c4)ccc2-3)C[C@@H]2CCCC[C@@H]21)[C@@H](C)OC. The van der Waals surface area contributed by atoms with Crippen LogP contribution in [0.4, 0.5) is 24.1 Å². The largest absolute Gasteiger partial charge is 0.453 e. The zero-order valence-electron chi connectivity index (χ0n) is 39.8. The molecule has 9 rings (SSSR count). The molecule has 0 radical (unpaired) electrons. The molecule has 18 heteroatoms. The summed E-state index contributed by atoms with van der Waals surface area (Å²) in [5.41, 5.74) is 3.08. The quantitative estimate of drug-likeness (QED) is 0.109. The predicted octanol–water partition coefficient (Wildman–Crippen LogP) is 7.80. The third kappa shape index (κ3) is 8.78. The van der Waals surface area contributed by atoms with Crippen LogP contribution >= 0.6 is 0 Å². The van der Waals surface area contributed by atoms with Gasteiger partial charge in [0.15, 0.2) is 0 Å². The van der Waals surface area contributed by atoms with Crippen molar-refractivity contribution in [3.63, 3.8) is 0 Å². The molecule has 16 nitrogen and oxygen atoms in total. The zero-order chi connectivity index (χ0) is 48.9. The standard InChI is InChI=1S/C51H61F2N7O9/c1-26(66-3)43(57-49(64)68-5)47(62)59-39-13-9-7-11-30(39)23-41(59)45-55-37-20-16-29(22-38(37)56-45)28-15-18-33-34-19-17-32(25-36(34)51(52,53)35(33)21-28)54-46(61)42-24-31-12-8-10-14-40(31)60(42)48(63)44(27(2)67-4)58-50(65)69-6/h15-22,25-27,30-31,39-44H,7-14,23-24H2,1-6H3,(H,54,61)(H,55,56)(H,57,64)(H,58,65)/t26-,27-,30+,31+,39+,40+,41+,42+,43+,44+/m1/s1. The Morgan fingerprint density at radius 1 is 0.696 bits per heavy atom. The van der Waals surface area contributed by atoms with Crippen LogP contribution in [-0.2, 0) is 39.3 Å². The lowest BCUT2D eigenvalue weighted by Crippen LogP contribution is -2.58. The number of hydrogen-bond acceptors (Lipinski definition) is 10. The van der Waals surface area contributed by atoms with Gasteiger partial charge in [0.25, 0.3) is 5.92 Å². The summed E-state index contributed by atoms with van der Waals surface area (Å²) < 4.78 is 54.0. The third-order valence-electron chi connectivity index (χ3n) is 15.5. The van der Waals surface area contributed by atoms with E-state index in [9.17, 15) is 24.0 Å². The molecule has 368 valence electrons. The van der Waals surface area contributed by atoms with Gasteiger partial charge in [0.05, 0.1) is 43.5 Å². The Morgan fingerprint density at radius 3 is 1.86 bits per heavy atom. The summed E-state index contributed by atoms with van der Waals surface area (Å²) >= 11 is 0. The number of benzene rings is 3. The van der Waals surface area contributed by atoms with Crippen LogP contribution in [0, 0.1) is 11.8 Å². The number of nitrogens with one attached hydrogen (secondary N) is 4. The molecule has 2 aliphatic heterocycles. The van der Waals surface area contributed by atoms with Gasteiger partial charge in [-0.25, -0.2) is 14.6 Å². The number of amides is 5. The molecule has 3 heterocycles. The molecule has 2 saturated carbocycles. The van der Waals surface area contributed by atoms with Crippen LogP contribution in [0.15, 0.2) is 54.6 Å². The highest BCUT2D eigenvalue weighted by molar-refractivity contribution is 6.00. The highest BCUT2D eigenvalue weighted by Crippen LogP contribution is 2.53. The topological polar surface area (TPSA) is 194 Å². The predicted molar refractivity (Wildman–Crippen MR) is 251 cm³/mol. The molecule has 0 bridgehead atoms. The fraction of sp³-hybridized carbons (Fsp3) is 0.529. The minimum atomic E-state index is -3.41. The zero-order valence-corrected chi connectivity index (χ0v) is 39.8. The van der Waals surface area contributed by atoms with Gasteiger partial charge in [-0.1, -0.05) is 49.9 Å². The number of nitrogens with zero attached hydrogens (tertiary/aromatic N) is 3. The molecule has 0 spiro atoms. The monoisotopic (exact) mass is 953 g/mol. The number of alkyl halides is 2. The number of carbonyl (C=O) groups excluding carboxylic acids is 5. The van der Waals surface area contributed by atoms with Gasteiger partial charge in [-0.15, -0.1) is 0 Å². The Balaban J connectivity index is 0.955. The van der Waals surface area contributed by atoms with Gasteiger partial charge in [-0.05, 0) is 117 Å². The Labute approximate surface area is 399 Å². The van der Waals surface area contributed by atoms with Gasteiger partial charge in [-0.3, -0.25) is 14.4 Å². The van der Waals surface area contributed by atoms with Crippen molar-refractivity contribution in [3.05, 3.63) is 71.5 Å². The molecule has 3 aromatic carbocycles. The van der Waals surface area contributed by atoms with Crippen molar-refractivity contribution in [1.82, 2.24) is 30.4 Å². The second-order valence-electron chi connectivity index (χ2n) is 19.3. The van der Waals surface area contributed by atoms with Crippen LogP contribution < -0.4 is 16.0 Å². The Morgan fingerprint density at radius 2 is 1.23 bits per heavy atom. The number of ether oxygens (including phenoxy) is 4. The number of aromatic nitrogens is 2. The number of anilines is 1. The number of imidazole rings is 1. The average molecular weight is 954 g/mol. The number of H-pyrrole nitrogens is 1. The average Bonchev–Trinajstić information content (AvgIpc) is 4.13. The van der Waals surface area contributed by atoms with Crippen LogP contribution in [0.2, 0.25) is 0 Å².